The molecule has 1 saturated heterocycles. The Balaban J connectivity index is 1.63. The summed E-state index contributed by atoms with van der Waals surface area (Å²) in [5.74, 6) is 0.0855. The predicted octanol–water partition coefficient (Wildman–Crippen LogP) is 3.24. The van der Waals surface area contributed by atoms with Crippen LogP contribution >= 0.6 is 0 Å². The minimum absolute atomic E-state index is 0.207. The zero-order valence-electron chi connectivity index (χ0n) is 14.8. The first-order valence-electron chi connectivity index (χ1n) is 8.71. The number of hydrogen-bond acceptors (Lipinski definition) is 4. The molecule has 0 unspecified atom stereocenters. The lowest BCUT2D eigenvalue weighted by Crippen LogP contribution is -2.36. The van der Waals surface area contributed by atoms with Crippen molar-refractivity contribution in [2.45, 2.75) is 12.8 Å². The number of carbonyl (C=O) groups excluding carboxylic acids is 1. The van der Waals surface area contributed by atoms with Gasteiger partial charge < -0.3 is 19.7 Å². The molecule has 1 aliphatic rings. The molecule has 0 atom stereocenters. The van der Waals surface area contributed by atoms with Crippen LogP contribution in [-0.4, -0.2) is 39.3 Å². The number of rotatable bonds is 6. The zero-order valence-corrected chi connectivity index (χ0v) is 14.8. The van der Waals surface area contributed by atoms with E-state index in [4.69, 9.17) is 9.47 Å². The van der Waals surface area contributed by atoms with Crippen LogP contribution in [0.2, 0.25) is 0 Å². The van der Waals surface area contributed by atoms with Crippen LogP contribution in [0.5, 0.6) is 5.75 Å². The Morgan fingerprint density at radius 2 is 2.00 bits per heavy atom. The molecule has 2 aromatic carbocycles. The van der Waals surface area contributed by atoms with E-state index >= 15 is 0 Å². The molecule has 0 spiro atoms. The fourth-order valence-electron chi connectivity index (χ4n) is 3.00. The van der Waals surface area contributed by atoms with Gasteiger partial charge >= 0.3 is 0 Å². The van der Waals surface area contributed by atoms with Gasteiger partial charge in [0, 0.05) is 25.2 Å². The molecule has 3 rings (SSSR count). The molecule has 5 nitrogen and oxygen atoms in total. The molecule has 2 aromatic rings. The number of carbonyl (C=O) groups is 1. The third-order valence-electron chi connectivity index (χ3n) is 4.41. The molecule has 0 aromatic heterocycles. The Bertz CT molecular complexity index is 760. The first kappa shape index (κ1) is 18.2. The van der Waals surface area contributed by atoms with Crippen molar-refractivity contribution >= 4 is 17.3 Å². The van der Waals surface area contributed by atoms with E-state index in [2.05, 4.69) is 10.2 Å². The van der Waals surface area contributed by atoms with Gasteiger partial charge in [0.15, 0.2) is 0 Å². The van der Waals surface area contributed by atoms with Crippen LogP contribution in [0.1, 0.15) is 12.0 Å². The highest BCUT2D eigenvalue weighted by atomic mass is 19.1. The third-order valence-corrected chi connectivity index (χ3v) is 4.41. The van der Waals surface area contributed by atoms with E-state index in [1.807, 2.05) is 24.3 Å². The second-order valence-electron chi connectivity index (χ2n) is 6.12. The topological polar surface area (TPSA) is 50.8 Å². The van der Waals surface area contributed by atoms with Crippen LogP contribution < -0.4 is 15.0 Å². The molecule has 0 radical (unpaired) electrons. The highest BCUT2D eigenvalue weighted by Crippen LogP contribution is 2.24. The number of hydrogen-bond donors (Lipinski definition) is 1. The maximum atomic E-state index is 14.1. The number of para-hydroxylation sites is 1. The number of nitrogens with zero attached hydrogens (tertiary/aromatic N) is 1. The van der Waals surface area contributed by atoms with Crippen molar-refractivity contribution in [1.29, 1.82) is 0 Å². The molecule has 1 heterocycles. The highest BCUT2D eigenvalue weighted by molar-refractivity contribution is 5.91. The van der Waals surface area contributed by atoms with Crippen LogP contribution in [-0.2, 0) is 16.0 Å². The normalized spacial score (nSPS) is 14.2. The van der Waals surface area contributed by atoms with Gasteiger partial charge in [0.05, 0.1) is 26.0 Å². The summed E-state index contributed by atoms with van der Waals surface area (Å²) in [4.78, 5) is 14.4. The Labute approximate surface area is 152 Å². The average Bonchev–Trinajstić information content (AvgIpc) is 2.69. The van der Waals surface area contributed by atoms with Crippen molar-refractivity contribution < 1.29 is 18.7 Å². The maximum Gasteiger partial charge on any atom is 0.224 e. The second-order valence-corrected chi connectivity index (χ2v) is 6.12. The van der Waals surface area contributed by atoms with Crippen molar-refractivity contribution in [3.8, 4) is 5.75 Å². The van der Waals surface area contributed by atoms with Gasteiger partial charge in [0.25, 0.3) is 0 Å². The van der Waals surface area contributed by atoms with Crippen LogP contribution in [0.25, 0.3) is 0 Å². The minimum Gasteiger partial charge on any atom is -0.496 e. The highest BCUT2D eigenvalue weighted by Gasteiger charge is 2.15. The Morgan fingerprint density at radius 1 is 1.23 bits per heavy atom. The van der Waals surface area contributed by atoms with Crippen LogP contribution in [0.15, 0.2) is 42.5 Å². The SMILES string of the molecule is COc1ccccc1CCC(=O)Nc1cc(N2CCOCC2)ccc1F. The Hall–Kier alpha value is -2.60. The number of morpholine rings is 1. The number of nitrogens with one attached hydrogen (secondary N) is 1. The average molecular weight is 358 g/mol. The van der Waals surface area contributed by atoms with Crippen molar-refractivity contribution in [1.82, 2.24) is 0 Å². The van der Waals surface area contributed by atoms with Crippen LogP contribution in [0.3, 0.4) is 0 Å². The number of benzene rings is 2. The lowest BCUT2D eigenvalue weighted by atomic mass is 10.1. The van der Waals surface area contributed by atoms with Crippen molar-refractivity contribution in [2.24, 2.45) is 0 Å². The van der Waals surface area contributed by atoms with Gasteiger partial charge in [-0.05, 0) is 36.2 Å². The van der Waals surface area contributed by atoms with Gasteiger partial charge in [-0.15, -0.1) is 0 Å². The van der Waals surface area contributed by atoms with E-state index in [9.17, 15) is 9.18 Å². The van der Waals surface area contributed by atoms with E-state index in [0.717, 1.165) is 30.1 Å². The summed E-state index contributed by atoms with van der Waals surface area (Å²) < 4.78 is 24.7. The Kier molecular flexibility index (Phi) is 6.07. The molecule has 0 saturated carbocycles. The molecule has 1 N–H and O–H groups in total. The third kappa shape index (κ3) is 4.52. The molecule has 138 valence electrons. The smallest absolute Gasteiger partial charge is 0.224 e. The number of aryl methyl sites for hydroxylation is 1. The van der Waals surface area contributed by atoms with Gasteiger partial charge in [0.2, 0.25) is 5.91 Å². The van der Waals surface area contributed by atoms with Gasteiger partial charge in [-0.3, -0.25) is 4.79 Å². The molecule has 1 amide bonds. The van der Waals surface area contributed by atoms with E-state index in [-0.39, 0.29) is 18.0 Å². The number of anilines is 2. The quantitative estimate of drug-likeness (QED) is 0.861. The van der Waals surface area contributed by atoms with Crippen LogP contribution in [0, 0.1) is 5.82 Å². The van der Waals surface area contributed by atoms with Crippen LogP contribution in [0.4, 0.5) is 15.8 Å². The molecule has 1 fully saturated rings. The van der Waals surface area contributed by atoms with Gasteiger partial charge in [0.1, 0.15) is 11.6 Å². The minimum atomic E-state index is -0.437. The summed E-state index contributed by atoms with van der Waals surface area (Å²) in [6.45, 7) is 2.82. The summed E-state index contributed by atoms with van der Waals surface area (Å²) in [5, 5.41) is 2.68. The monoisotopic (exact) mass is 358 g/mol. The number of ether oxygens (including phenoxy) is 2. The largest absolute Gasteiger partial charge is 0.496 e. The molecular weight excluding hydrogens is 335 g/mol. The number of methoxy groups -OCH3 is 1. The summed E-state index contributed by atoms with van der Waals surface area (Å²) in [7, 11) is 1.60. The Morgan fingerprint density at radius 3 is 2.77 bits per heavy atom. The number of amides is 1. The fourth-order valence-corrected chi connectivity index (χ4v) is 3.00. The lowest BCUT2D eigenvalue weighted by Gasteiger charge is -2.29. The zero-order chi connectivity index (χ0) is 18.4. The summed E-state index contributed by atoms with van der Waals surface area (Å²) in [6.07, 6.45) is 0.780. The maximum absolute atomic E-state index is 14.1. The molecule has 1 aliphatic heterocycles. The van der Waals surface area contributed by atoms with E-state index in [1.165, 1.54) is 6.07 Å². The van der Waals surface area contributed by atoms with Crippen molar-refractivity contribution in [2.75, 3.05) is 43.6 Å². The van der Waals surface area contributed by atoms with E-state index < -0.39 is 5.82 Å². The molecule has 0 bridgehead atoms. The lowest BCUT2D eigenvalue weighted by molar-refractivity contribution is -0.116. The molecular formula is C20H23FN2O3. The molecule has 26 heavy (non-hydrogen) atoms. The standard InChI is InChI=1S/C20H23FN2O3/c1-25-19-5-3-2-4-15(19)6-9-20(24)22-18-14-16(7-8-17(18)21)23-10-12-26-13-11-23/h2-5,7-8,14H,6,9-13H2,1H3,(H,22,24). The summed E-state index contributed by atoms with van der Waals surface area (Å²) >= 11 is 0. The first-order chi connectivity index (χ1) is 12.7. The summed E-state index contributed by atoms with van der Waals surface area (Å²) in [5.41, 5.74) is 2.04. The first-order valence-corrected chi connectivity index (χ1v) is 8.71. The molecule has 6 heteroatoms. The fraction of sp³-hybridized carbons (Fsp3) is 0.350. The molecule has 0 aliphatic carbocycles. The van der Waals surface area contributed by atoms with Crippen molar-refractivity contribution in [3.63, 3.8) is 0 Å². The van der Waals surface area contributed by atoms with Gasteiger partial charge in [-0.25, -0.2) is 4.39 Å². The van der Waals surface area contributed by atoms with Crippen molar-refractivity contribution in [3.05, 3.63) is 53.8 Å². The van der Waals surface area contributed by atoms with Gasteiger partial charge in [-0.1, -0.05) is 18.2 Å². The summed E-state index contributed by atoms with van der Waals surface area (Å²) in [6, 6.07) is 12.4. The second kappa shape index (κ2) is 8.67. The van der Waals surface area contributed by atoms with E-state index in [1.54, 1.807) is 19.2 Å². The van der Waals surface area contributed by atoms with Gasteiger partial charge in [-0.2, -0.15) is 0 Å². The van der Waals surface area contributed by atoms with E-state index in [0.29, 0.717) is 19.6 Å². The predicted molar refractivity (Wildman–Crippen MR) is 99.4 cm³/mol. The number of halogens is 1.